The predicted octanol–water partition coefficient (Wildman–Crippen LogP) is 2.58. The SMILES string of the molecule is CSC1CCCCC1NC(=O)Nc1cccnc1C(=O)O. The lowest BCUT2D eigenvalue weighted by Crippen LogP contribution is -2.45. The smallest absolute Gasteiger partial charge is 0.356 e. The number of aromatic carboxylic acids is 1. The predicted molar refractivity (Wildman–Crippen MR) is 82.9 cm³/mol. The van der Waals surface area contributed by atoms with Crippen molar-refractivity contribution in [3.8, 4) is 0 Å². The number of carbonyl (C=O) groups excluding carboxylic acids is 1. The lowest BCUT2D eigenvalue weighted by molar-refractivity contribution is 0.0692. The van der Waals surface area contributed by atoms with E-state index in [1.807, 2.05) is 6.26 Å². The third-order valence-electron chi connectivity index (χ3n) is 3.58. The number of anilines is 1. The van der Waals surface area contributed by atoms with Gasteiger partial charge in [-0.1, -0.05) is 12.8 Å². The highest BCUT2D eigenvalue weighted by Crippen LogP contribution is 2.27. The van der Waals surface area contributed by atoms with Crippen molar-refractivity contribution < 1.29 is 14.7 Å². The lowest BCUT2D eigenvalue weighted by atomic mass is 9.95. The van der Waals surface area contributed by atoms with Crippen LogP contribution in [0.4, 0.5) is 10.5 Å². The molecule has 3 N–H and O–H groups in total. The third-order valence-corrected chi connectivity index (χ3v) is 4.75. The summed E-state index contributed by atoms with van der Waals surface area (Å²) in [5.74, 6) is -1.16. The van der Waals surface area contributed by atoms with Gasteiger partial charge in [-0.15, -0.1) is 0 Å². The topological polar surface area (TPSA) is 91.3 Å². The summed E-state index contributed by atoms with van der Waals surface area (Å²) >= 11 is 1.76. The van der Waals surface area contributed by atoms with E-state index in [0.29, 0.717) is 5.25 Å². The Kier molecular flexibility index (Phi) is 5.44. The molecule has 1 fully saturated rings. The minimum absolute atomic E-state index is 0.124. The Morgan fingerprint density at radius 3 is 2.86 bits per heavy atom. The Balaban J connectivity index is 2.00. The Morgan fingerprint density at radius 1 is 1.38 bits per heavy atom. The van der Waals surface area contributed by atoms with Crippen LogP contribution in [-0.2, 0) is 0 Å². The van der Waals surface area contributed by atoms with Crippen LogP contribution in [0.3, 0.4) is 0 Å². The van der Waals surface area contributed by atoms with E-state index in [0.717, 1.165) is 19.3 Å². The third kappa shape index (κ3) is 4.10. The summed E-state index contributed by atoms with van der Waals surface area (Å²) in [6.45, 7) is 0. The van der Waals surface area contributed by atoms with Gasteiger partial charge in [-0.05, 0) is 31.2 Å². The second-order valence-electron chi connectivity index (χ2n) is 4.97. The molecule has 0 bridgehead atoms. The van der Waals surface area contributed by atoms with E-state index in [-0.39, 0.29) is 23.5 Å². The molecule has 6 nitrogen and oxygen atoms in total. The standard InChI is InChI=1S/C14H19N3O3S/c1-21-11-7-3-2-5-9(11)16-14(20)17-10-6-4-8-15-12(10)13(18)19/h4,6,8-9,11H,2-3,5,7H2,1H3,(H,18,19)(H2,16,17,20). The molecule has 0 radical (unpaired) electrons. The van der Waals surface area contributed by atoms with Crippen LogP contribution >= 0.6 is 11.8 Å². The quantitative estimate of drug-likeness (QED) is 0.795. The molecule has 0 aromatic carbocycles. The number of thioether (sulfide) groups is 1. The van der Waals surface area contributed by atoms with Crippen molar-refractivity contribution >= 4 is 29.4 Å². The van der Waals surface area contributed by atoms with Crippen LogP contribution in [0.5, 0.6) is 0 Å². The van der Waals surface area contributed by atoms with Crippen LogP contribution in [0, 0.1) is 0 Å². The molecule has 21 heavy (non-hydrogen) atoms. The fraction of sp³-hybridized carbons (Fsp3) is 0.500. The zero-order valence-corrected chi connectivity index (χ0v) is 12.7. The first-order valence-electron chi connectivity index (χ1n) is 6.90. The number of carboxylic acids is 1. The van der Waals surface area contributed by atoms with Gasteiger partial charge in [-0.25, -0.2) is 14.6 Å². The number of hydrogen-bond donors (Lipinski definition) is 3. The molecule has 0 spiro atoms. The zero-order chi connectivity index (χ0) is 15.2. The van der Waals surface area contributed by atoms with E-state index in [9.17, 15) is 9.59 Å². The number of urea groups is 1. The molecule has 0 saturated heterocycles. The van der Waals surface area contributed by atoms with Crippen LogP contribution in [0.2, 0.25) is 0 Å². The average molecular weight is 309 g/mol. The fourth-order valence-electron chi connectivity index (χ4n) is 2.55. The Morgan fingerprint density at radius 2 is 2.14 bits per heavy atom. The number of pyridine rings is 1. The second-order valence-corrected chi connectivity index (χ2v) is 6.05. The normalized spacial score (nSPS) is 21.6. The Labute approximate surface area is 127 Å². The maximum absolute atomic E-state index is 12.1. The summed E-state index contributed by atoms with van der Waals surface area (Å²) in [5, 5.41) is 15.0. The molecular weight excluding hydrogens is 290 g/mol. The maximum Gasteiger partial charge on any atom is 0.356 e. The highest BCUT2D eigenvalue weighted by atomic mass is 32.2. The molecular formula is C14H19N3O3S. The molecule has 1 aromatic rings. The van der Waals surface area contributed by atoms with Gasteiger partial charge in [-0.3, -0.25) is 0 Å². The number of nitrogens with one attached hydrogen (secondary N) is 2. The first-order chi connectivity index (χ1) is 10.1. The summed E-state index contributed by atoms with van der Waals surface area (Å²) in [6.07, 6.45) is 7.78. The number of hydrogen-bond acceptors (Lipinski definition) is 4. The largest absolute Gasteiger partial charge is 0.476 e. The molecule has 1 aliphatic carbocycles. The van der Waals surface area contributed by atoms with Crippen molar-refractivity contribution in [2.45, 2.75) is 37.0 Å². The molecule has 2 amide bonds. The van der Waals surface area contributed by atoms with E-state index in [1.165, 1.54) is 18.7 Å². The van der Waals surface area contributed by atoms with Gasteiger partial charge in [-0.2, -0.15) is 11.8 Å². The first kappa shape index (κ1) is 15.6. The van der Waals surface area contributed by atoms with Gasteiger partial charge >= 0.3 is 12.0 Å². The molecule has 2 atom stereocenters. The molecule has 2 unspecified atom stereocenters. The summed E-state index contributed by atoms with van der Waals surface area (Å²) in [6, 6.07) is 2.87. The number of aromatic nitrogens is 1. The maximum atomic E-state index is 12.1. The van der Waals surface area contributed by atoms with Gasteiger partial charge in [0.15, 0.2) is 5.69 Å². The van der Waals surface area contributed by atoms with E-state index in [2.05, 4.69) is 15.6 Å². The molecule has 1 aromatic heterocycles. The highest BCUT2D eigenvalue weighted by Gasteiger charge is 2.26. The van der Waals surface area contributed by atoms with Crippen molar-refractivity contribution in [3.63, 3.8) is 0 Å². The molecule has 1 heterocycles. The van der Waals surface area contributed by atoms with Crippen LogP contribution in [0.25, 0.3) is 0 Å². The second kappa shape index (κ2) is 7.31. The van der Waals surface area contributed by atoms with Gasteiger partial charge in [0.1, 0.15) is 0 Å². The fourth-order valence-corrected chi connectivity index (χ4v) is 3.48. The summed E-state index contributed by atoms with van der Waals surface area (Å²) in [5.41, 5.74) is 0.0525. The molecule has 0 aliphatic heterocycles. The number of amides is 2. The number of rotatable bonds is 4. The van der Waals surface area contributed by atoms with Crippen molar-refractivity contribution in [1.29, 1.82) is 0 Å². The lowest BCUT2D eigenvalue weighted by Gasteiger charge is -2.30. The van der Waals surface area contributed by atoms with Crippen molar-refractivity contribution in [1.82, 2.24) is 10.3 Å². The average Bonchev–Trinajstić information content (AvgIpc) is 2.48. The van der Waals surface area contributed by atoms with Gasteiger partial charge in [0.25, 0.3) is 0 Å². The zero-order valence-electron chi connectivity index (χ0n) is 11.8. The molecule has 1 saturated carbocycles. The van der Waals surface area contributed by atoms with Gasteiger partial charge in [0.2, 0.25) is 0 Å². The molecule has 2 rings (SSSR count). The van der Waals surface area contributed by atoms with Gasteiger partial charge in [0.05, 0.1) is 5.69 Å². The summed E-state index contributed by atoms with van der Waals surface area (Å²) < 4.78 is 0. The molecule has 7 heteroatoms. The number of carboxylic acid groups (broad SMARTS) is 1. The van der Waals surface area contributed by atoms with Crippen LogP contribution < -0.4 is 10.6 Å². The van der Waals surface area contributed by atoms with Crippen molar-refractivity contribution in [2.24, 2.45) is 0 Å². The van der Waals surface area contributed by atoms with E-state index in [1.54, 1.807) is 17.8 Å². The molecule has 114 valence electrons. The van der Waals surface area contributed by atoms with Crippen LogP contribution in [0.15, 0.2) is 18.3 Å². The monoisotopic (exact) mass is 309 g/mol. The summed E-state index contributed by atoms with van der Waals surface area (Å²) in [7, 11) is 0. The minimum Gasteiger partial charge on any atom is -0.476 e. The van der Waals surface area contributed by atoms with E-state index in [4.69, 9.17) is 5.11 Å². The minimum atomic E-state index is -1.16. The highest BCUT2D eigenvalue weighted by molar-refractivity contribution is 7.99. The van der Waals surface area contributed by atoms with Gasteiger partial charge < -0.3 is 15.7 Å². The van der Waals surface area contributed by atoms with Crippen LogP contribution in [-0.4, -0.2) is 39.6 Å². The van der Waals surface area contributed by atoms with E-state index >= 15 is 0 Å². The Bertz CT molecular complexity index is 524. The number of carbonyl (C=O) groups is 2. The van der Waals surface area contributed by atoms with Crippen molar-refractivity contribution in [3.05, 3.63) is 24.0 Å². The van der Waals surface area contributed by atoms with Crippen molar-refractivity contribution in [2.75, 3.05) is 11.6 Å². The van der Waals surface area contributed by atoms with E-state index < -0.39 is 5.97 Å². The first-order valence-corrected chi connectivity index (χ1v) is 8.19. The number of nitrogens with zero attached hydrogens (tertiary/aromatic N) is 1. The Hall–Kier alpha value is -1.76. The summed E-state index contributed by atoms with van der Waals surface area (Å²) in [4.78, 5) is 26.9. The molecule has 1 aliphatic rings. The van der Waals surface area contributed by atoms with Crippen LogP contribution in [0.1, 0.15) is 36.2 Å². The van der Waals surface area contributed by atoms with Gasteiger partial charge in [0, 0.05) is 17.5 Å².